The average Bonchev–Trinajstić information content (AvgIpc) is 2.68. The molecule has 2 heterocycles. The quantitative estimate of drug-likeness (QED) is 0.732. The number of nitrogens with one attached hydrogen (secondary N) is 1. The van der Waals surface area contributed by atoms with E-state index < -0.39 is 11.2 Å². The smallest absolute Gasteiger partial charge is 0.328 e. The van der Waals surface area contributed by atoms with Gasteiger partial charge in [0.05, 0.1) is 17.4 Å². The molecular weight excluding hydrogens is 362 g/mol. The maximum atomic E-state index is 12.6. The molecule has 9 nitrogen and oxygen atoms in total. The second kappa shape index (κ2) is 8.39. The number of hydrogen-bond donors (Lipinski definition) is 1. The van der Waals surface area contributed by atoms with E-state index in [1.165, 1.54) is 4.57 Å². The number of hydrogen-bond acceptors (Lipinski definition) is 5. The largest absolute Gasteiger partial charge is 0.348 e. The monoisotopic (exact) mass is 387 g/mol. The van der Waals surface area contributed by atoms with E-state index in [-0.39, 0.29) is 24.8 Å². The minimum atomic E-state index is -0.511. The van der Waals surface area contributed by atoms with Crippen LogP contribution in [0.25, 0.3) is 10.9 Å². The molecule has 0 radical (unpaired) electrons. The van der Waals surface area contributed by atoms with Crippen LogP contribution in [0.4, 0.5) is 0 Å². The molecular formula is C19H25N5O4. The van der Waals surface area contributed by atoms with Gasteiger partial charge in [0.1, 0.15) is 0 Å². The number of aromatic nitrogens is 2. The van der Waals surface area contributed by atoms with Crippen LogP contribution in [-0.4, -0.2) is 82.9 Å². The second-order valence-corrected chi connectivity index (χ2v) is 7.12. The number of piperazine rings is 1. The van der Waals surface area contributed by atoms with Crippen molar-refractivity contribution in [2.45, 2.75) is 13.0 Å². The summed E-state index contributed by atoms with van der Waals surface area (Å²) >= 11 is 0. The molecule has 0 unspecified atom stereocenters. The molecule has 150 valence electrons. The van der Waals surface area contributed by atoms with Crippen molar-refractivity contribution in [2.75, 3.05) is 46.8 Å². The lowest BCUT2D eigenvalue weighted by molar-refractivity contribution is -0.134. The SMILES string of the molecule is CN(C)C(=O)CN1CCN(C(=O)CCn2c(=O)[nH]c(=O)c3ccccc32)CC1. The van der Waals surface area contributed by atoms with Crippen molar-refractivity contribution >= 4 is 22.7 Å². The lowest BCUT2D eigenvalue weighted by Gasteiger charge is -2.34. The topological polar surface area (TPSA) is 98.7 Å². The van der Waals surface area contributed by atoms with Crippen LogP contribution < -0.4 is 11.2 Å². The van der Waals surface area contributed by atoms with Crippen LogP contribution in [0.1, 0.15) is 6.42 Å². The number of carbonyl (C=O) groups is 2. The molecule has 1 aliphatic rings. The van der Waals surface area contributed by atoms with E-state index in [0.717, 1.165) is 0 Å². The Morgan fingerprint density at radius 1 is 1.07 bits per heavy atom. The Labute approximate surface area is 162 Å². The number of amides is 2. The number of aryl methyl sites for hydroxylation is 1. The van der Waals surface area contributed by atoms with E-state index in [9.17, 15) is 19.2 Å². The van der Waals surface area contributed by atoms with Crippen molar-refractivity contribution in [3.8, 4) is 0 Å². The van der Waals surface area contributed by atoms with Gasteiger partial charge in [-0.15, -0.1) is 0 Å². The number of H-pyrrole nitrogens is 1. The molecule has 3 rings (SSSR count). The van der Waals surface area contributed by atoms with Gasteiger partial charge in [-0.25, -0.2) is 4.79 Å². The van der Waals surface area contributed by atoms with E-state index in [1.54, 1.807) is 48.2 Å². The van der Waals surface area contributed by atoms with Gasteiger partial charge in [0.15, 0.2) is 0 Å². The molecule has 1 saturated heterocycles. The van der Waals surface area contributed by atoms with E-state index in [4.69, 9.17) is 0 Å². The summed E-state index contributed by atoms with van der Waals surface area (Å²) in [5, 5.41) is 0.425. The minimum absolute atomic E-state index is 0.0410. The molecule has 2 amide bonds. The van der Waals surface area contributed by atoms with Gasteiger partial charge in [-0.3, -0.25) is 28.8 Å². The Balaban J connectivity index is 1.60. The van der Waals surface area contributed by atoms with E-state index >= 15 is 0 Å². The fourth-order valence-corrected chi connectivity index (χ4v) is 3.32. The fourth-order valence-electron chi connectivity index (χ4n) is 3.32. The van der Waals surface area contributed by atoms with Crippen LogP contribution >= 0.6 is 0 Å². The number of rotatable bonds is 5. The van der Waals surface area contributed by atoms with Gasteiger partial charge >= 0.3 is 5.69 Å². The van der Waals surface area contributed by atoms with Crippen molar-refractivity contribution in [1.29, 1.82) is 0 Å². The third-order valence-electron chi connectivity index (χ3n) is 5.04. The highest BCUT2D eigenvalue weighted by Gasteiger charge is 2.23. The zero-order valence-corrected chi connectivity index (χ0v) is 16.2. The highest BCUT2D eigenvalue weighted by molar-refractivity contribution is 5.79. The summed E-state index contributed by atoms with van der Waals surface area (Å²) in [7, 11) is 3.45. The Bertz CT molecular complexity index is 986. The van der Waals surface area contributed by atoms with Crippen molar-refractivity contribution < 1.29 is 9.59 Å². The molecule has 1 fully saturated rings. The summed E-state index contributed by atoms with van der Waals surface area (Å²) in [5.41, 5.74) is -0.411. The zero-order chi connectivity index (χ0) is 20.3. The zero-order valence-electron chi connectivity index (χ0n) is 16.2. The summed E-state index contributed by atoms with van der Waals surface area (Å²) in [6, 6.07) is 6.85. The number of para-hydroxylation sites is 1. The summed E-state index contributed by atoms with van der Waals surface area (Å²) in [6.45, 7) is 2.96. The molecule has 0 spiro atoms. The van der Waals surface area contributed by atoms with Crippen molar-refractivity contribution in [3.05, 3.63) is 45.1 Å². The maximum absolute atomic E-state index is 12.6. The second-order valence-electron chi connectivity index (χ2n) is 7.12. The molecule has 28 heavy (non-hydrogen) atoms. The van der Waals surface area contributed by atoms with Gasteiger partial charge in [-0.2, -0.15) is 0 Å². The predicted octanol–water partition coefficient (Wildman–Crippen LogP) is -0.688. The van der Waals surface area contributed by atoms with Crippen molar-refractivity contribution in [2.24, 2.45) is 0 Å². The molecule has 1 aliphatic heterocycles. The van der Waals surface area contributed by atoms with E-state index in [2.05, 4.69) is 4.98 Å². The predicted molar refractivity (Wildman–Crippen MR) is 105 cm³/mol. The van der Waals surface area contributed by atoms with Crippen LogP contribution in [0.15, 0.2) is 33.9 Å². The van der Waals surface area contributed by atoms with Crippen LogP contribution in [0, 0.1) is 0 Å². The van der Waals surface area contributed by atoms with Crippen LogP contribution in [-0.2, 0) is 16.1 Å². The average molecular weight is 387 g/mol. The third kappa shape index (κ3) is 4.30. The molecule has 9 heteroatoms. The number of likely N-dealkylation sites (N-methyl/N-ethyl adjacent to an activating group) is 1. The Kier molecular flexibility index (Phi) is 5.93. The summed E-state index contributed by atoms with van der Waals surface area (Å²) in [6.07, 6.45) is 0.173. The lowest BCUT2D eigenvalue weighted by Crippen LogP contribution is -2.51. The lowest BCUT2D eigenvalue weighted by atomic mass is 10.2. The number of nitrogens with zero attached hydrogens (tertiary/aromatic N) is 4. The Morgan fingerprint density at radius 2 is 1.75 bits per heavy atom. The number of fused-ring (bicyclic) bond motifs is 1. The number of benzene rings is 1. The van der Waals surface area contributed by atoms with Crippen LogP contribution in [0.2, 0.25) is 0 Å². The third-order valence-corrected chi connectivity index (χ3v) is 5.04. The molecule has 1 aromatic carbocycles. The molecule has 0 atom stereocenters. The highest BCUT2D eigenvalue weighted by Crippen LogP contribution is 2.09. The van der Waals surface area contributed by atoms with Gasteiger partial charge in [-0.1, -0.05) is 12.1 Å². The van der Waals surface area contributed by atoms with Crippen LogP contribution in [0.3, 0.4) is 0 Å². The minimum Gasteiger partial charge on any atom is -0.348 e. The van der Waals surface area contributed by atoms with Gasteiger partial charge in [0, 0.05) is 53.2 Å². The first-order valence-corrected chi connectivity index (χ1v) is 9.29. The highest BCUT2D eigenvalue weighted by atomic mass is 16.2. The first-order valence-electron chi connectivity index (χ1n) is 9.29. The standard InChI is InChI=1S/C19H25N5O4/c1-21(2)17(26)13-22-9-11-23(12-10-22)16(25)7-8-24-15-6-4-3-5-14(15)18(27)20-19(24)28/h3-6H,7-13H2,1-2H3,(H,20,27,28). The van der Waals surface area contributed by atoms with Crippen molar-refractivity contribution in [3.63, 3.8) is 0 Å². The van der Waals surface area contributed by atoms with Crippen LogP contribution in [0.5, 0.6) is 0 Å². The molecule has 0 saturated carbocycles. The number of carbonyl (C=O) groups excluding carboxylic acids is 2. The molecule has 1 aromatic heterocycles. The maximum Gasteiger partial charge on any atom is 0.328 e. The van der Waals surface area contributed by atoms with Gasteiger partial charge in [0.25, 0.3) is 5.56 Å². The Morgan fingerprint density at radius 3 is 2.43 bits per heavy atom. The van der Waals surface area contributed by atoms with E-state index in [0.29, 0.717) is 43.6 Å². The normalized spacial score (nSPS) is 15.0. The van der Waals surface area contributed by atoms with Gasteiger partial charge < -0.3 is 9.80 Å². The summed E-state index contributed by atoms with van der Waals surface area (Å²) in [4.78, 5) is 56.1. The van der Waals surface area contributed by atoms with Crippen molar-refractivity contribution in [1.82, 2.24) is 24.3 Å². The summed E-state index contributed by atoms with van der Waals surface area (Å²) in [5.74, 6) is 0.00451. The number of aromatic amines is 1. The molecule has 1 N–H and O–H groups in total. The first kappa shape index (κ1) is 19.8. The first-order chi connectivity index (χ1) is 13.4. The molecule has 2 aromatic rings. The molecule has 0 bridgehead atoms. The fraction of sp³-hybridized carbons (Fsp3) is 0.474. The summed E-state index contributed by atoms with van der Waals surface area (Å²) < 4.78 is 1.43. The molecule has 0 aliphatic carbocycles. The Hall–Kier alpha value is -2.94. The van der Waals surface area contributed by atoms with Gasteiger partial charge in [-0.05, 0) is 12.1 Å². The van der Waals surface area contributed by atoms with E-state index in [1.807, 2.05) is 4.90 Å². The van der Waals surface area contributed by atoms with Gasteiger partial charge in [0.2, 0.25) is 11.8 Å².